The first kappa shape index (κ1) is 23.1. The molecule has 5 nitrogen and oxygen atoms in total. The van der Waals surface area contributed by atoms with Crippen LogP contribution in [0.25, 0.3) is 16.6 Å². The SMILES string of the molecule is CCOC(=O)c1c(C)n(-c2cccc(Cl)c2)c2cc(Br)c(OCC(=O)c3ccccc3)cc12. The molecule has 0 aliphatic rings. The van der Waals surface area contributed by atoms with Gasteiger partial charge in [0.05, 0.1) is 22.2 Å². The molecule has 0 fully saturated rings. The maximum absolute atomic E-state index is 12.9. The van der Waals surface area contributed by atoms with Crippen LogP contribution >= 0.6 is 27.5 Å². The standard InChI is InChI=1S/C26H21BrClNO4/c1-3-32-26(31)25-16(2)29(19-11-7-10-18(28)12-19)22-14-21(27)24(13-20(22)25)33-15-23(30)17-8-5-4-6-9-17/h4-14H,3,15H2,1-2H3. The van der Waals surface area contributed by atoms with Crippen molar-refractivity contribution in [3.8, 4) is 11.4 Å². The maximum atomic E-state index is 12.9. The van der Waals surface area contributed by atoms with Gasteiger partial charge in [0.15, 0.2) is 12.4 Å². The van der Waals surface area contributed by atoms with Crippen LogP contribution in [0.15, 0.2) is 71.2 Å². The van der Waals surface area contributed by atoms with Crippen LogP contribution in [-0.2, 0) is 4.74 Å². The Balaban J connectivity index is 1.80. The fourth-order valence-electron chi connectivity index (χ4n) is 3.79. The van der Waals surface area contributed by atoms with Crippen LogP contribution in [0.5, 0.6) is 5.75 Å². The summed E-state index contributed by atoms with van der Waals surface area (Å²) in [4.78, 5) is 25.4. The number of fused-ring (bicyclic) bond motifs is 1. The summed E-state index contributed by atoms with van der Waals surface area (Å²) >= 11 is 9.78. The van der Waals surface area contributed by atoms with Gasteiger partial charge in [0.1, 0.15) is 5.75 Å². The molecule has 0 saturated carbocycles. The van der Waals surface area contributed by atoms with E-state index in [1.165, 1.54) is 0 Å². The summed E-state index contributed by atoms with van der Waals surface area (Å²) in [6.45, 7) is 3.76. The number of carbonyl (C=O) groups is 2. The van der Waals surface area contributed by atoms with Crippen LogP contribution in [0.3, 0.4) is 0 Å². The van der Waals surface area contributed by atoms with E-state index in [9.17, 15) is 9.59 Å². The van der Waals surface area contributed by atoms with Gasteiger partial charge >= 0.3 is 5.97 Å². The highest BCUT2D eigenvalue weighted by molar-refractivity contribution is 9.10. The molecule has 0 unspecified atom stereocenters. The van der Waals surface area contributed by atoms with E-state index >= 15 is 0 Å². The lowest BCUT2D eigenvalue weighted by Gasteiger charge is -2.11. The van der Waals surface area contributed by atoms with Gasteiger partial charge in [-0.3, -0.25) is 4.79 Å². The first-order valence-corrected chi connectivity index (χ1v) is 11.6. The van der Waals surface area contributed by atoms with E-state index in [1.54, 1.807) is 31.2 Å². The second-order valence-corrected chi connectivity index (χ2v) is 8.66. The Hall–Kier alpha value is -3.09. The lowest BCUT2D eigenvalue weighted by atomic mass is 10.1. The zero-order chi connectivity index (χ0) is 23.5. The van der Waals surface area contributed by atoms with Crippen molar-refractivity contribution in [3.63, 3.8) is 0 Å². The summed E-state index contributed by atoms with van der Waals surface area (Å²) in [7, 11) is 0. The molecule has 0 saturated heterocycles. The number of rotatable bonds is 7. The van der Waals surface area contributed by atoms with Crippen molar-refractivity contribution >= 4 is 50.2 Å². The molecule has 168 valence electrons. The minimum Gasteiger partial charge on any atom is -0.484 e. The van der Waals surface area contributed by atoms with Crippen molar-refractivity contribution in [2.45, 2.75) is 13.8 Å². The quantitative estimate of drug-likeness (QED) is 0.196. The van der Waals surface area contributed by atoms with E-state index in [1.807, 2.05) is 54.0 Å². The number of benzene rings is 3. The van der Waals surface area contributed by atoms with Gasteiger partial charge in [-0.05, 0) is 60.1 Å². The Morgan fingerprint density at radius 3 is 2.48 bits per heavy atom. The highest BCUT2D eigenvalue weighted by Gasteiger charge is 2.24. The normalized spacial score (nSPS) is 10.9. The fourth-order valence-corrected chi connectivity index (χ4v) is 4.42. The lowest BCUT2D eigenvalue weighted by Crippen LogP contribution is -2.11. The number of halogens is 2. The van der Waals surface area contributed by atoms with Gasteiger partial charge in [0.25, 0.3) is 0 Å². The smallest absolute Gasteiger partial charge is 0.340 e. The minimum atomic E-state index is -0.422. The van der Waals surface area contributed by atoms with Gasteiger partial charge in [-0.1, -0.05) is 48.0 Å². The summed E-state index contributed by atoms with van der Waals surface area (Å²) < 4.78 is 13.8. The molecule has 0 N–H and O–H groups in total. The van der Waals surface area contributed by atoms with E-state index in [2.05, 4.69) is 15.9 Å². The monoisotopic (exact) mass is 525 g/mol. The molecule has 0 bridgehead atoms. The topological polar surface area (TPSA) is 57.5 Å². The molecule has 1 aromatic heterocycles. The molecule has 33 heavy (non-hydrogen) atoms. The molecule has 0 aliphatic heterocycles. The number of hydrogen-bond acceptors (Lipinski definition) is 4. The third-order valence-electron chi connectivity index (χ3n) is 5.26. The third kappa shape index (κ3) is 4.68. The average molecular weight is 527 g/mol. The molecule has 0 amide bonds. The number of ether oxygens (including phenoxy) is 2. The maximum Gasteiger partial charge on any atom is 0.340 e. The van der Waals surface area contributed by atoms with Gasteiger partial charge in [-0.25, -0.2) is 4.79 Å². The molecule has 0 aliphatic carbocycles. The average Bonchev–Trinajstić information content (AvgIpc) is 3.08. The second kappa shape index (κ2) is 9.81. The number of Topliss-reactive ketones (excluding diaryl/α,β-unsaturated/α-hetero) is 1. The van der Waals surface area contributed by atoms with Gasteiger partial charge in [0, 0.05) is 27.4 Å². The van der Waals surface area contributed by atoms with Crippen LogP contribution in [-0.4, -0.2) is 29.5 Å². The summed E-state index contributed by atoms with van der Waals surface area (Å²) in [6.07, 6.45) is 0. The van der Waals surface area contributed by atoms with Gasteiger partial charge in [-0.2, -0.15) is 0 Å². The minimum absolute atomic E-state index is 0.128. The molecule has 7 heteroatoms. The Bertz CT molecular complexity index is 1350. The van der Waals surface area contributed by atoms with Crippen molar-refractivity contribution in [3.05, 3.63) is 93.0 Å². The number of aromatic nitrogens is 1. The Morgan fingerprint density at radius 2 is 1.79 bits per heavy atom. The highest BCUT2D eigenvalue weighted by Crippen LogP contribution is 2.37. The van der Waals surface area contributed by atoms with Crippen molar-refractivity contribution in [1.29, 1.82) is 0 Å². The first-order chi connectivity index (χ1) is 15.9. The van der Waals surface area contributed by atoms with Crippen LogP contribution in [0.4, 0.5) is 0 Å². The third-order valence-corrected chi connectivity index (χ3v) is 6.11. The van der Waals surface area contributed by atoms with Crippen LogP contribution in [0.1, 0.15) is 33.3 Å². The Kier molecular flexibility index (Phi) is 6.86. The Morgan fingerprint density at radius 1 is 1.03 bits per heavy atom. The van der Waals surface area contributed by atoms with E-state index < -0.39 is 5.97 Å². The number of esters is 1. The van der Waals surface area contributed by atoms with Crippen molar-refractivity contribution in [2.75, 3.05) is 13.2 Å². The highest BCUT2D eigenvalue weighted by atomic mass is 79.9. The number of nitrogens with zero attached hydrogens (tertiary/aromatic N) is 1. The largest absolute Gasteiger partial charge is 0.484 e. The molecule has 1 heterocycles. The number of carbonyl (C=O) groups excluding carboxylic acids is 2. The predicted octanol–water partition coefficient (Wildman–Crippen LogP) is 6.79. The summed E-state index contributed by atoms with van der Waals surface area (Å²) in [5, 5.41) is 1.25. The predicted molar refractivity (Wildman–Crippen MR) is 133 cm³/mol. The number of hydrogen-bond donors (Lipinski definition) is 0. The molecule has 3 aromatic carbocycles. The second-order valence-electron chi connectivity index (χ2n) is 7.37. The number of ketones is 1. The van der Waals surface area contributed by atoms with Crippen molar-refractivity contribution in [2.24, 2.45) is 0 Å². The van der Waals surface area contributed by atoms with Crippen LogP contribution < -0.4 is 4.74 Å². The van der Waals surface area contributed by atoms with Crippen LogP contribution in [0.2, 0.25) is 5.02 Å². The molecule has 4 aromatic rings. The van der Waals surface area contributed by atoms with Crippen LogP contribution in [0, 0.1) is 6.92 Å². The lowest BCUT2D eigenvalue weighted by molar-refractivity contribution is 0.0527. The van der Waals surface area contributed by atoms with E-state index in [0.717, 1.165) is 16.9 Å². The van der Waals surface area contributed by atoms with Crippen molar-refractivity contribution < 1.29 is 19.1 Å². The van der Waals surface area contributed by atoms with E-state index in [-0.39, 0.29) is 19.0 Å². The van der Waals surface area contributed by atoms with Gasteiger partial charge in [-0.15, -0.1) is 0 Å². The summed E-state index contributed by atoms with van der Waals surface area (Å²) in [6, 6.07) is 20.0. The zero-order valence-corrected chi connectivity index (χ0v) is 20.4. The Labute approximate surface area is 205 Å². The first-order valence-electron chi connectivity index (χ1n) is 10.4. The molecular formula is C26H21BrClNO4. The molecule has 0 radical (unpaired) electrons. The van der Waals surface area contributed by atoms with Gasteiger partial charge in [0.2, 0.25) is 0 Å². The summed E-state index contributed by atoms with van der Waals surface area (Å²) in [5.41, 5.74) is 3.34. The van der Waals surface area contributed by atoms with E-state index in [0.29, 0.717) is 31.8 Å². The van der Waals surface area contributed by atoms with E-state index in [4.69, 9.17) is 21.1 Å². The summed E-state index contributed by atoms with van der Waals surface area (Å²) in [5.74, 6) is -0.101. The van der Waals surface area contributed by atoms with Gasteiger partial charge < -0.3 is 14.0 Å². The molecule has 0 spiro atoms. The molecule has 4 rings (SSSR count). The zero-order valence-electron chi connectivity index (χ0n) is 18.1. The molecule has 0 atom stereocenters. The van der Waals surface area contributed by atoms with Crippen molar-refractivity contribution in [1.82, 2.24) is 4.57 Å². The fraction of sp³-hybridized carbons (Fsp3) is 0.154. The molecular weight excluding hydrogens is 506 g/mol.